The molecule has 3 aliphatic rings. The molecule has 1 spiro atoms. The summed E-state index contributed by atoms with van der Waals surface area (Å²) < 4.78 is 7.13. The van der Waals surface area contributed by atoms with Crippen LogP contribution in [0.25, 0.3) is 10.8 Å². The van der Waals surface area contributed by atoms with E-state index in [-0.39, 0.29) is 30.8 Å². The molecule has 0 saturated carbocycles. The first-order valence-corrected chi connectivity index (χ1v) is 17.4. The number of benzene rings is 4. The van der Waals surface area contributed by atoms with Gasteiger partial charge in [0.15, 0.2) is 0 Å². The number of hydrogen-bond acceptors (Lipinski definition) is 5. The fraction of sp³-hybridized carbons (Fsp3) is 0.310. The summed E-state index contributed by atoms with van der Waals surface area (Å²) in [4.78, 5) is 50.3. The number of amides is 3. The van der Waals surface area contributed by atoms with Crippen molar-refractivity contribution in [3.8, 4) is 0 Å². The molecule has 8 heteroatoms. The molecule has 1 N–H and O–H groups in total. The maximum Gasteiger partial charge on any atom is 0.253 e. The van der Waals surface area contributed by atoms with Crippen LogP contribution < -0.4 is 9.80 Å². The zero-order valence-corrected chi connectivity index (χ0v) is 28.4. The van der Waals surface area contributed by atoms with Gasteiger partial charge in [-0.3, -0.25) is 14.4 Å². The summed E-state index contributed by atoms with van der Waals surface area (Å²) in [5.41, 5.74) is -0.184. The molecule has 2 unspecified atom stereocenters. The first-order chi connectivity index (χ1) is 24.3. The second-order valence-corrected chi connectivity index (χ2v) is 13.5. The van der Waals surface area contributed by atoms with Crippen LogP contribution in [0, 0.1) is 11.8 Å². The maximum absolute atomic E-state index is 15.3. The summed E-state index contributed by atoms with van der Waals surface area (Å²) in [5.74, 6) is -2.71. The minimum atomic E-state index is -1.29. The van der Waals surface area contributed by atoms with E-state index in [1.54, 1.807) is 22.0 Å². The minimum absolute atomic E-state index is 0.188. The highest BCUT2D eigenvalue weighted by Crippen LogP contribution is 2.65. The van der Waals surface area contributed by atoms with Crippen LogP contribution in [0.2, 0.25) is 0 Å². The number of aliphatic hydroxyl groups excluding tert-OH is 1. The second-order valence-electron chi connectivity index (χ2n) is 13.5. The van der Waals surface area contributed by atoms with E-state index in [0.29, 0.717) is 36.2 Å². The lowest BCUT2D eigenvalue weighted by Gasteiger charge is -2.39. The highest BCUT2D eigenvalue weighted by atomic mass is 16.5. The molecule has 0 aliphatic carbocycles. The maximum atomic E-state index is 15.3. The Balaban J connectivity index is 1.39. The van der Waals surface area contributed by atoms with E-state index in [1.165, 1.54) is 4.90 Å². The van der Waals surface area contributed by atoms with Crippen molar-refractivity contribution in [2.24, 2.45) is 11.8 Å². The van der Waals surface area contributed by atoms with Crippen LogP contribution in [0.3, 0.4) is 0 Å². The third-order valence-electron chi connectivity index (χ3n) is 11.1. The Hall–Kier alpha value is -5.05. The van der Waals surface area contributed by atoms with Crippen molar-refractivity contribution >= 4 is 39.9 Å². The van der Waals surface area contributed by atoms with E-state index in [9.17, 15) is 9.90 Å². The van der Waals surface area contributed by atoms with Gasteiger partial charge in [-0.05, 0) is 59.9 Å². The number of fused-ring (bicyclic) bond motifs is 2. The topological polar surface area (TPSA) is 90.4 Å². The lowest BCUT2D eigenvalue weighted by Crippen LogP contribution is -2.57. The van der Waals surface area contributed by atoms with Crippen molar-refractivity contribution in [2.45, 2.75) is 49.5 Å². The van der Waals surface area contributed by atoms with E-state index in [4.69, 9.17) is 4.74 Å². The van der Waals surface area contributed by atoms with Crippen LogP contribution >= 0.6 is 0 Å². The molecule has 3 aliphatic heterocycles. The Morgan fingerprint density at radius 3 is 2.12 bits per heavy atom. The molecule has 256 valence electrons. The first kappa shape index (κ1) is 33.4. The van der Waals surface area contributed by atoms with Gasteiger partial charge in [-0.2, -0.15) is 0 Å². The lowest BCUT2D eigenvalue weighted by molar-refractivity contribution is -0.149. The van der Waals surface area contributed by atoms with Gasteiger partial charge in [0.1, 0.15) is 11.6 Å². The highest BCUT2D eigenvalue weighted by Gasteiger charge is 2.79. The number of aliphatic hydroxyl groups is 1. The van der Waals surface area contributed by atoms with Gasteiger partial charge in [-0.15, -0.1) is 13.2 Å². The molecule has 3 fully saturated rings. The molecule has 2 bridgehead atoms. The first-order valence-electron chi connectivity index (χ1n) is 17.4. The molecule has 3 amide bonds. The molecule has 6 atom stereocenters. The van der Waals surface area contributed by atoms with E-state index < -0.39 is 41.7 Å². The Morgan fingerprint density at radius 1 is 0.860 bits per heavy atom. The largest absolute Gasteiger partial charge is 0.394 e. The van der Waals surface area contributed by atoms with Crippen molar-refractivity contribution < 1.29 is 24.2 Å². The lowest BCUT2D eigenvalue weighted by atomic mass is 9.64. The molecule has 7 rings (SSSR count). The number of likely N-dealkylation sites (tertiary alicyclic amines) is 1. The summed E-state index contributed by atoms with van der Waals surface area (Å²) in [6.45, 7) is 9.89. The average Bonchev–Trinajstić information content (AvgIpc) is 3.77. The summed E-state index contributed by atoms with van der Waals surface area (Å²) in [6, 6.07) is 30.5. The summed E-state index contributed by atoms with van der Waals surface area (Å²) in [5, 5.41) is 13.0. The van der Waals surface area contributed by atoms with Crippen molar-refractivity contribution in [3.63, 3.8) is 0 Å². The van der Waals surface area contributed by atoms with Crippen LogP contribution in [0.5, 0.6) is 0 Å². The Labute approximate surface area is 293 Å². The predicted molar refractivity (Wildman–Crippen MR) is 195 cm³/mol. The van der Waals surface area contributed by atoms with Gasteiger partial charge in [0, 0.05) is 24.5 Å². The molecular weight excluding hydrogens is 626 g/mol. The number of hydrogen-bond donors (Lipinski definition) is 1. The number of carbonyl (C=O) groups is 3. The van der Waals surface area contributed by atoms with Crippen molar-refractivity contribution in [1.29, 1.82) is 0 Å². The van der Waals surface area contributed by atoms with E-state index in [2.05, 4.69) is 13.2 Å². The third kappa shape index (κ3) is 5.17. The third-order valence-corrected chi connectivity index (χ3v) is 11.1. The van der Waals surface area contributed by atoms with Gasteiger partial charge >= 0.3 is 0 Å². The summed E-state index contributed by atoms with van der Waals surface area (Å²) in [7, 11) is 0. The Kier molecular flexibility index (Phi) is 8.93. The number of para-hydroxylation sites is 1. The molecule has 0 radical (unpaired) electrons. The zero-order valence-electron chi connectivity index (χ0n) is 28.4. The summed E-state index contributed by atoms with van der Waals surface area (Å²) in [6.07, 6.45) is 4.79. The molecule has 4 aromatic carbocycles. The minimum Gasteiger partial charge on any atom is -0.394 e. The number of anilines is 2. The van der Waals surface area contributed by atoms with Gasteiger partial charge in [0.25, 0.3) is 5.91 Å². The molecule has 3 saturated heterocycles. The molecule has 50 heavy (non-hydrogen) atoms. The standard InChI is InChI=1S/C42H43N3O5/c1-4-25-43(32-19-11-8-12-20-32)38(47)35-36-39(48)45(34(28-46)30-16-9-7-10-17-30)37(42(36)24-23-41(35,6-3)50-42)40(49)44(26-5-2)33-22-21-29-15-13-14-18-31(29)27-33/h4-5,7-22,27,34-37,46H,1-2,6,23-26,28H2,3H3/t34-,35+,36+,37?,41-,42?/m1/s1. The van der Waals surface area contributed by atoms with E-state index in [1.807, 2.05) is 110 Å². The fourth-order valence-electron chi connectivity index (χ4n) is 8.85. The van der Waals surface area contributed by atoms with Crippen LogP contribution in [0.15, 0.2) is 128 Å². The molecule has 0 aromatic heterocycles. The van der Waals surface area contributed by atoms with E-state index in [0.717, 1.165) is 10.8 Å². The number of ether oxygens (including phenoxy) is 1. The Morgan fingerprint density at radius 2 is 1.48 bits per heavy atom. The number of nitrogens with zero attached hydrogens (tertiary/aromatic N) is 3. The van der Waals surface area contributed by atoms with Gasteiger partial charge in [-0.25, -0.2) is 0 Å². The summed E-state index contributed by atoms with van der Waals surface area (Å²) >= 11 is 0. The Bertz CT molecular complexity index is 1930. The van der Waals surface area contributed by atoms with E-state index >= 15 is 9.59 Å². The van der Waals surface area contributed by atoms with Crippen LogP contribution in [-0.4, -0.2) is 64.7 Å². The van der Waals surface area contributed by atoms with Crippen LogP contribution in [0.4, 0.5) is 11.4 Å². The molecule has 4 aromatic rings. The number of carbonyl (C=O) groups excluding carboxylic acids is 3. The highest BCUT2D eigenvalue weighted by molar-refractivity contribution is 6.07. The van der Waals surface area contributed by atoms with Crippen molar-refractivity contribution in [1.82, 2.24) is 4.90 Å². The normalized spacial score (nSPS) is 25.7. The van der Waals surface area contributed by atoms with Gasteiger partial charge in [0.2, 0.25) is 11.8 Å². The zero-order chi connectivity index (χ0) is 35.0. The van der Waals surface area contributed by atoms with Gasteiger partial charge < -0.3 is 24.5 Å². The smallest absolute Gasteiger partial charge is 0.253 e. The SMILES string of the molecule is C=CCN(C(=O)C1N([C@H](CO)c2ccccc2)C(=O)[C@@H]2[C@@H](C(=O)N(CC=C)c3ccccc3)[C@@]3(CC)CCC12O3)c1ccc2ccccc2c1. The van der Waals surface area contributed by atoms with Gasteiger partial charge in [0.05, 0.1) is 30.1 Å². The fourth-order valence-corrected chi connectivity index (χ4v) is 8.85. The molecule has 3 heterocycles. The quantitative estimate of drug-likeness (QED) is 0.175. The number of rotatable bonds is 12. The predicted octanol–water partition coefficient (Wildman–Crippen LogP) is 6.47. The van der Waals surface area contributed by atoms with Crippen molar-refractivity contribution in [2.75, 3.05) is 29.5 Å². The average molecular weight is 670 g/mol. The second kappa shape index (κ2) is 13.3. The van der Waals surface area contributed by atoms with Crippen LogP contribution in [-0.2, 0) is 19.1 Å². The molecular formula is C42H43N3O5. The van der Waals surface area contributed by atoms with Crippen LogP contribution in [0.1, 0.15) is 37.8 Å². The molecule has 8 nitrogen and oxygen atoms in total. The monoisotopic (exact) mass is 669 g/mol. The van der Waals surface area contributed by atoms with Crippen molar-refractivity contribution in [3.05, 3.63) is 134 Å². The van der Waals surface area contributed by atoms with Gasteiger partial charge in [-0.1, -0.05) is 97.9 Å².